The maximum Gasteiger partial charge on any atom is 0.417 e. The van der Waals surface area contributed by atoms with Gasteiger partial charge in [0.1, 0.15) is 6.04 Å². The number of alkyl halides is 3. The van der Waals surface area contributed by atoms with Crippen molar-refractivity contribution in [3.05, 3.63) is 69.2 Å². The van der Waals surface area contributed by atoms with Gasteiger partial charge in [-0.1, -0.05) is 47.9 Å². The Morgan fingerprint density at radius 2 is 1.90 bits per heavy atom. The van der Waals surface area contributed by atoms with Gasteiger partial charge in [-0.25, -0.2) is 0 Å². The normalized spacial score (nSPS) is 19.2. The molecule has 29 heavy (non-hydrogen) atoms. The van der Waals surface area contributed by atoms with Crippen LogP contribution in [0.25, 0.3) is 0 Å². The number of aryl methyl sites for hydroxylation is 2. The zero-order valence-electron chi connectivity index (χ0n) is 16.3. The van der Waals surface area contributed by atoms with Crippen LogP contribution in [-0.2, 0) is 11.0 Å². The number of carboxylic acid groups (broad SMARTS) is 1. The highest BCUT2D eigenvalue weighted by molar-refractivity contribution is 6.31. The zero-order valence-corrected chi connectivity index (χ0v) is 17.0. The topological polar surface area (TPSA) is 40.5 Å². The third-order valence-corrected chi connectivity index (χ3v) is 5.83. The lowest BCUT2D eigenvalue weighted by Gasteiger charge is -2.40. The summed E-state index contributed by atoms with van der Waals surface area (Å²) in [5, 5.41) is 9.39. The van der Waals surface area contributed by atoms with Crippen LogP contribution >= 0.6 is 11.6 Å². The van der Waals surface area contributed by atoms with Crippen LogP contribution in [0.1, 0.15) is 53.1 Å². The van der Waals surface area contributed by atoms with E-state index in [1.54, 1.807) is 6.07 Å². The molecule has 156 valence electrons. The van der Waals surface area contributed by atoms with Gasteiger partial charge in [0.2, 0.25) is 0 Å². The van der Waals surface area contributed by atoms with Crippen molar-refractivity contribution < 1.29 is 23.1 Å². The Hall–Kier alpha value is -2.05. The number of carbonyl (C=O) groups is 1. The Bertz CT molecular complexity index is 913. The van der Waals surface area contributed by atoms with Gasteiger partial charge in [-0.15, -0.1) is 0 Å². The molecule has 3 rings (SSSR count). The number of likely N-dealkylation sites (tertiary alicyclic amines) is 1. The lowest BCUT2D eigenvalue weighted by molar-refractivity contribution is -0.145. The molecule has 2 aromatic carbocycles. The number of nitrogens with zero attached hydrogens (tertiary/aromatic N) is 1. The van der Waals surface area contributed by atoms with Crippen LogP contribution in [0.15, 0.2) is 36.4 Å². The first kappa shape index (κ1) is 21.7. The van der Waals surface area contributed by atoms with Crippen molar-refractivity contribution in [3.8, 4) is 0 Å². The molecule has 1 N–H and O–H groups in total. The van der Waals surface area contributed by atoms with E-state index in [9.17, 15) is 23.1 Å². The molecular weight excluding hydrogens is 403 g/mol. The van der Waals surface area contributed by atoms with Crippen LogP contribution < -0.4 is 0 Å². The van der Waals surface area contributed by atoms with Crippen molar-refractivity contribution in [2.75, 3.05) is 6.54 Å². The number of aliphatic carboxylic acids is 1. The fourth-order valence-electron chi connectivity index (χ4n) is 4.06. The van der Waals surface area contributed by atoms with Crippen LogP contribution in [0.3, 0.4) is 0 Å². The minimum Gasteiger partial charge on any atom is -0.480 e. The minimum atomic E-state index is -4.59. The largest absolute Gasteiger partial charge is 0.480 e. The van der Waals surface area contributed by atoms with Crippen molar-refractivity contribution in [2.24, 2.45) is 0 Å². The molecule has 1 heterocycles. The first-order valence-electron chi connectivity index (χ1n) is 9.52. The molecule has 0 saturated carbocycles. The number of halogens is 4. The van der Waals surface area contributed by atoms with Crippen LogP contribution in [-0.4, -0.2) is 28.6 Å². The van der Waals surface area contributed by atoms with Crippen molar-refractivity contribution in [1.82, 2.24) is 4.90 Å². The third-order valence-electron chi connectivity index (χ3n) is 5.50. The molecular formula is C22H23ClF3NO2. The predicted octanol–water partition coefficient (Wildman–Crippen LogP) is 6.00. The third kappa shape index (κ3) is 4.59. The van der Waals surface area contributed by atoms with E-state index in [0.717, 1.165) is 35.6 Å². The highest BCUT2D eigenvalue weighted by Crippen LogP contribution is 2.41. The maximum atomic E-state index is 13.5. The zero-order chi connectivity index (χ0) is 21.3. The van der Waals surface area contributed by atoms with E-state index in [0.29, 0.717) is 18.5 Å². The van der Waals surface area contributed by atoms with Crippen molar-refractivity contribution in [3.63, 3.8) is 0 Å². The number of piperidine rings is 1. The molecule has 2 atom stereocenters. The van der Waals surface area contributed by atoms with Crippen molar-refractivity contribution in [2.45, 2.75) is 51.4 Å². The molecule has 2 aromatic rings. The summed E-state index contributed by atoms with van der Waals surface area (Å²) in [6.45, 7) is 4.30. The Labute approximate surface area is 173 Å². The fraction of sp³-hybridized carbons (Fsp3) is 0.409. The van der Waals surface area contributed by atoms with Crippen molar-refractivity contribution >= 4 is 17.6 Å². The van der Waals surface area contributed by atoms with Crippen LogP contribution in [0.4, 0.5) is 13.2 Å². The number of hydrogen-bond acceptors (Lipinski definition) is 2. The number of carboxylic acids is 1. The summed E-state index contributed by atoms with van der Waals surface area (Å²) in [6, 6.07) is 8.29. The number of benzene rings is 2. The standard InChI is InChI=1S/C22H23ClF3NO2/c1-13-6-7-14(2)16(11-13)20(27-10-4-3-5-19(27)21(28)29)15-8-9-18(23)17(12-15)22(24,25)26/h6-9,11-12,19-20H,3-5,10H2,1-2H3,(H,28,29). The van der Waals surface area contributed by atoms with Gasteiger partial charge in [0, 0.05) is 0 Å². The molecule has 1 aliphatic heterocycles. The molecule has 0 spiro atoms. The van der Waals surface area contributed by atoms with Crippen LogP contribution in [0.5, 0.6) is 0 Å². The van der Waals surface area contributed by atoms with E-state index in [-0.39, 0.29) is 5.02 Å². The summed E-state index contributed by atoms with van der Waals surface area (Å²) in [4.78, 5) is 13.7. The smallest absolute Gasteiger partial charge is 0.417 e. The molecule has 0 aliphatic carbocycles. The highest BCUT2D eigenvalue weighted by Gasteiger charge is 2.38. The molecule has 0 bridgehead atoms. The second kappa shape index (κ2) is 8.36. The van der Waals surface area contributed by atoms with Gasteiger partial charge in [-0.2, -0.15) is 13.2 Å². The lowest BCUT2D eigenvalue weighted by Crippen LogP contribution is -2.47. The molecule has 1 saturated heterocycles. The van der Waals surface area contributed by atoms with E-state index in [4.69, 9.17) is 11.6 Å². The summed E-state index contributed by atoms with van der Waals surface area (Å²) < 4.78 is 40.5. The first-order chi connectivity index (χ1) is 13.6. The number of rotatable bonds is 4. The predicted molar refractivity (Wildman–Crippen MR) is 106 cm³/mol. The summed E-state index contributed by atoms with van der Waals surface area (Å²) in [6.07, 6.45) is -2.55. The molecule has 7 heteroatoms. The van der Waals surface area contributed by atoms with Gasteiger partial charge < -0.3 is 5.11 Å². The van der Waals surface area contributed by atoms with Gasteiger partial charge in [0.25, 0.3) is 0 Å². The fourth-order valence-corrected chi connectivity index (χ4v) is 4.29. The highest BCUT2D eigenvalue weighted by atomic mass is 35.5. The molecule has 0 amide bonds. The molecule has 1 fully saturated rings. The second-order valence-corrected chi connectivity index (χ2v) is 7.99. The Kier molecular flexibility index (Phi) is 6.24. The summed E-state index contributed by atoms with van der Waals surface area (Å²) in [5.74, 6) is -0.954. The van der Waals surface area contributed by atoms with Gasteiger partial charge in [-0.3, -0.25) is 9.69 Å². The van der Waals surface area contributed by atoms with E-state index >= 15 is 0 Å². The van der Waals surface area contributed by atoms with Gasteiger partial charge in [0.15, 0.2) is 0 Å². The Balaban J connectivity index is 2.21. The van der Waals surface area contributed by atoms with E-state index < -0.39 is 29.8 Å². The summed E-state index contributed by atoms with van der Waals surface area (Å²) in [7, 11) is 0. The van der Waals surface area contributed by atoms with Gasteiger partial charge >= 0.3 is 12.1 Å². The SMILES string of the molecule is Cc1ccc(C)c(C(c2ccc(Cl)c(C(F)(F)F)c2)N2CCCCC2C(=O)O)c1. The van der Waals surface area contributed by atoms with Crippen LogP contribution in [0, 0.1) is 13.8 Å². The first-order valence-corrected chi connectivity index (χ1v) is 9.89. The second-order valence-electron chi connectivity index (χ2n) is 7.59. The molecule has 2 unspecified atom stereocenters. The molecule has 0 radical (unpaired) electrons. The maximum absolute atomic E-state index is 13.5. The minimum absolute atomic E-state index is 0.366. The average Bonchev–Trinajstić information content (AvgIpc) is 2.65. The van der Waals surface area contributed by atoms with E-state index in [1.807, 2.05) is 36.9 Å². The Morgan fingerprint density at radius 3 is 2.55 bits per heavy atom. The molecule has 0 aromatic heterocycles. The summed E-state index contributed by atoms with van der Waals surface area (Å²) >= 11 is 5.83. The average molecular weight is 426 g/mol. The van der Waals surface area contributed by atoms with Crippen molar-refractivity contribution in [1.29, 1.82) is 0 Å². The van der Waals surface area contributed by atoms with Gasteiger partial charge in [0.05, 0.1) is 16.6 Å². The monoisotopic (exact) mass is 425 g/mol. The lowest BCUT2D eigenvalue weighted by atomic mass is 9.88. The van der Waals surface area contributed by atoms with E-state index in [2.05, 4.69) is 0 Å². The quantitative estimate of drug-likeness (QED) is 0.652. The van der Waals surface area contributed by atoms with Gasteiger partial charge in [-0.05, 0) is 62.1 Å². The Morgan fingerprint density at radius 1 is 1.17 bits per heavy atom. The molecule has 1 aliphatic rings. The van der Waals surface area contributed by atoms with E-state index in [1.165, 1.54) is 6.07 Å². The summed E-state index contributed by atoms with van der Waals surface area (Å²) in [5.41, 5.74) is 2.16. The van der Waals surface area contributed by atoms with Crippen LogP contribution in [0.2, 0.25) is 5.02 Å². The molecule has 3 nitrogen and oxygen atoms in total. The number of hydrogen-bond donors (Lipinski definition) is 1.